The number of ether oxygens (including phenoxy) is 2. The standard InChI is InChI=1S/C24H22FIN4O5/c1-30-21(18-13-34-11-10-27-18)29-19(22(31)28-12-14-6-8-15(25)9-7-14)20(23(30)32)35-24(33)16-4-2-3-5-17(16)26/h2-9,18,27H,10-13H2,1H3,(H,28,31). The summed E-state index contributed by atoms with van der Waals surface area (Å²) in [7, 11) is 1.49. The number of carbonyl (C=O) groups is 2. The number of nitrogens with zero attached hydrogens (tertiary/aromatic N) is 2. The van der Waals surface area contributed by atoms with Crippen LogP contribution in [-0.2, 0) is 18.3 Å². The van der Waals surface area contributed by atoms with Crippen molar-refractivity contribution in [3.05, 3.63) is 90.9 Å². The average Bonchev–Trinajstić information content (AvgIpc) is 2.87. The minimum atomic E-state index is -0.784. The number of benzene rings is 2. The smallest absolute Gasteiger partial charge is 0.344 e. The highest BCUT2D eigenvalue weighted by Gasteiger charge is 2.28. The summed E-state index contributed by atoms with van der Waals surface area (Å²) < 4.78 is 26.0. The first-order valence-corrected chi connectivity index (χ1v) is 11.8. The molecule has 1 aliphatic heterocycles. The number of nitrogens with one attached hydrogen (secondary N) is 2. The molecule has 0 aliphatic carbocycles. The van der Waals surface area contributed by atoms with Crippen LogP contribution in [0.4, 0.5) is 4.39 Å². The van der Waals surface area contributed by atoms with Crippen LogP contribution in [0, 0.1) is 9.39 Å². The average molecular weight is 592 g/mol. The lowest BCUT2D eigenvalue weighted by Gasteiger charge is -2.25. The zero-order valence-corrected chi connectivity index (χ0v) is 20.9. The van der Waals surface area contributed by atoms with Crippen LogP contribution in [0.2, 0.25) is 0 Å². The van der Waals surface area contributed by atoms with E-state index in [-0.39, 0.29) is 30.2 Å². The maximum Gasteiger partial charge on any atom is 0.344 e. The van der Waals surface area contributed by atoms with Gasteiger partial charge in [-0.05, 0) is 52.4 Å². The van der Waals surface area contributed by atoms with Gasteiger partial charge in [-0.1, -0.05) is 24.3 Å². The summed E-state index contributed by atoms with van der Waals surface area (Å²) in [6.45, 7) is 1.38. The summed E-state index contributed by atoms with van der Waals surface area (Å²) in [5, 5.41) is 5.86. The quantitative estimate of drug-likeness (QED) is 0.334. The van der Waals surface area contributed by atoms with Crippen molar-refractivity contribution < 1.29 is 23.5 Å². The fraction of sp³-hybridized carbons (Fsp3) is 0.250. The van der Waals surface area contributed by atoms with Crippen LogP contribution in [0.15, 0.2) is 53.3 Å². The second-order valence-electron chi connectivity index (χ2n) is 7.77. The van der Waals surface area contributed by atoms with Gasteiger partial charge in [-0.2, -0.15) is 0 Å². The van der Waals surface area contributed by atoms with Gasteiger partial charge in [-0.25, -0.2) is 14.2 Å². The molecule has 1 saturated heterocycles. The van der Waals surface area contributed by atoms with E-state index in [2.05, 4.69) is 15.6 Å². The molecule has 1 amide bonds. The van der Waals surface area contributed by atoms with Crippen molar-refractivity contribution in [2.75, 3.05) is 19.8 Å². The number of esters is 1. The molecule has 182 valence electrons. The van der Waals surface area contributed by atoms with Crippen molar-refractivity contribution in [3.8, 4) is 5.75 Å². The summed E-state index contributed by atoms with van der Waals surface area (Å²) in [5.74, 6) is -2.10. The number of hydrogen-bond donors (Lipinski definition) is 2. The van der Waals surface area contributed by atoms with Crippen LogP contribution in [0.3, 0.4) is 0 Å². The number of carbonyl (C=O) groups excluding carboxylic acids is 2. The molecule has 1 atom stereocenters. The predicted octanol–water partition coefficient (Wildman–Crippen LogP) is 2.33. The van der Waals surface area contributed by atoms with Crippen molar-refractivity contribution in [3.63, 3.8) is 0 Å². The van der Waals surface area contributed by atoms with Gasteiger partial charge < -0.3 is 20.1 Å². The van der Waals surface area contributed by atoms with E-state index in [1.54, 1.807) is 24.3 Å². The molecule has 35 heavy (non-hydrogen) atoms. The molecule has 0 radical (unpaired) electrons. The highest BCUT2D eigenvalue weighted by molar-refractivity contribution is 14.1. The summed E-state index contributed by atoms with van der Waals surface area (Å²) in [6.07, 6.45) is 0. The Morgan fingerprint density at radius 3 is 2.69 bits per heavy atom. The van der Waals surface area contributed by atoms with E-state index in [9.17, 15) is 18.8 Å². The SMILES string of the molecule is Cn1c(C2COCCN2)nc(C(=O)NCc2ccc(F)cc2)c(OC(=O)c2ccccc2I)c1=O. The van der Waals surface area contributed by atoms with Gasteiger partial charge in [0.2, 0.25) is 5.75 Å². The summed E-state index contributed by atoms with van der Waals surface area (Å²) in [5.41, 5.74) is -0.117. The van der Waals surface area contributed by atoms with Gasteiger partial charge >= 0.3 is 5.97 Å². The van der Waals surface area contributed by atoms with Crippen LogP contribution in [0.1, 0.15) is 38.3 Å². The summed E-state index contributed by atoms with van der Waals surface area (Å²) in [4.78, 5) is 43.7. The molecule has 1 unspecified atom stereocenters. The van der Waals surface area contributed by atoms with E-state index < -0.39 is 35.0 Å². The molecule has 0 bridgehead atoms. The second kappa shape index (κ2) is 11.1. The molecule has 0 saturated carbocycles. The van der Waals surface area contributed by atoms with Crippen LogP contribution in [0.25, 0.3) is 0 Å². The molecule has 3 aromatic rings. The molecule has 4 rings (SSSR count). The topological polar surface area (TPSA) is 112 Å². The molecular weight excluding hydrogens is 570 g/mol. The minimum Gasteiger partial charge on any atom is -0.414 e. The van der Waals surface area contributed by atoms with Crippen molar-refractivity contribution >= 4 is 34.5 Å². The Morgan fingerprint density at radius 2 is 2.00 bits per heavy atom. The number of aromatic nitrogens is 2. The highest BCUT2D eigenvalue weighted by atomic mass is 127. The van der Waals surface area contributed by atoms with E-state index in [1.807, 2.05) is 22.6 Å². The van der Waals surface area contributed by atoms with Gasteiger partial charge in [0.05, 0.1) is 24.8 Å². The van der Waals surface area contributed by atoms with Crippen LogP contribution < -0.4 is 20.9 Å². The van der Waals surface area contributed by atoms with Crippen molar-refractivity contribution in [2.24, 2.45) is 7.05 Å². The highest BCUT2D eigenvalue weighted by Crippen LogP contribution is 2.20. The van der Waals surface area contributed by atoms with Crippen LogP contribution in [0.5, 0.6) is 5.75 Å². The molecule has 2 aromatic carbocycles. The molecule has 11 heteroatoms. The van der Waals surface area contributed by atoms with Gasteiger partial charge in [-0.3, -0.25) is 14.2 Å². The summed E-state index contributed by atoms with van der Waals surface area (Å²) in [6, 6.07) is 11.9. The number of hydrogen-bond acceptors (Lipinski definition) is 7. The molecule has 1 aliphatic rings. The van der Waals surface area contributed by atoms with Gasteiger partial charge in [0.15, 0.2) is 5.69 Å². The Labute approximate surface area is 213 Å². The monoisotopic (exact) mass is 592 g/mol. The largest absolute Gasteiger partial charge is 0.414 e. The molecule has 2 heterocycles. The van der Waals surface area contributed by atoms with E-state index in [1.165, 1.54) is 35.9 Å². The maximum atomic E-state index is 13.3. The second-order valence-corrected chi connectivity index (χ2v) is 8.93. The summed E-state index contributed by atoms with van der Waals surface area (Å²) >= 11 is 1.98. The third kappa shape index (κ3) is 5.74. The number of halogens is 2. The van der Waals surface area contributed by atoms with Crippen LogP contribution >= 0.6 is 22.6 Å². The van der Waals surface area contributed by atoms with E-state index in [0.29, 0.717) is 22.3 Å². The van der Waals surface area contributed by atoms with E-state index >= 15 is 0 Å². The normalized spacial score (nSPS) is 15.5. The molecule has 1 aromatic heterocycles. The third-order valence-corrected chi connectivity index (χ3v) is 6.33. The zero-order chi connectivity index (χ0) is 24.9. The zero-order valence-electron chi connectivity index (χ0n) is 18.7. The molecule has 1 fully saturated rings. The number of amides is 1. The molecule has 9 nitrogen and oxygen atoms in total. The van der Waals surface area contributed by atoms with Gasteiger partial charge in [0, 0.05) is 23.7 Å². The fourth-order valence-electron chi connectivity index (χ4n) is 3.53. The molecule has 0 spiro atoms. The molecule has 2 N–H and O–H groups in total. The fourth-order valence-corrected chi connectivity index (χ4v) is 4.14. The van der Waals surface area contributed by atoms with Crippen molar-refractivity contribution in [1.29, 1.82) is 0 Å². The van der Waals surface area contributed by atoms with Crippen molar-refractivity contribution in [2.45, 2.75) is 12.6 Å². The lowest BCUT2D eigenvalue weighted by atomic mass is 10.2. The third-order valence-electron chi connectivity index (χ3n) is 5.39. The number of morpholine rings is 1. The first kappa shape index (κ1) is 24.9. The first-order valence-electron chi connectivity index (χ1n) is 10.8. The van der Waals surface area contributed by atoms with Gasteiger partial charge in [0.25, 0.3) is 11.5 Å². The Kier molecular flexibility index (Phi) is 7.88. The Hall–Kier alpha value is -3.16. The number of rotatable bonds is 6. The maximum absolute atomic E-state index is 13.3. The lowest BCUT2D eigenvalue weighted by Crippen LogP contribution is -2.40. The Bertz CT molecular complexity index is 1310. The minimum absolute atomic E-state index is 0.0557. The van der Waals surface area contributed by atoms with Gasteiger partial charge in [-0.15, -0.1) is 0 Å². The molecular formula is C24H22FIN4O5. The Balaban J connectivity index is 1.70. The first-order chi connectivity index (χ1) is 16.8. The van der Waals surface area contributed by atoms with Gasteiger partial charge in [0.1, 0.15) is 11.6 Å². The van der Waals surface area contributed by atoms with Crippen molar-refractivity contribution in [1.82, 2.24) is 20.2 Å². The van der Waals surface area contributed by atoms with Crippen LogP contribution in [-0.4, -0.2) is 41.2 Å². The predicted molar refractivity (Wildman–Crippen MR) is 133 cm³/mol. The van der Waals surface area contributed by atoms with E-state index in [4.69, 9.17) is 9.47 Å². The van der Waals surface area contributed by atoms with E-state index in [0.717, 1.165) is 0 Å². The lowest BCUT2D eigenvalue weighted by molar-refractivity contribution is 0.0703. The Morgan fingerprint density at radius 1 is 1.26 bits per heavy atom.